The summed E-state index contributed by atoms with van der Waals surface area (Å²) in [6, 6.07) is 25.7. The van der Waals surface area contributed by atoms with E-state index < -0.39 is 0 Å². The van der Waals surface area contributed by atoms with Crippen molar-refractivity contribution in [2.45, 2.75) is 6.54 Å². The van der Waals surface area contributed by atoms with Crippen LogP contribution in [0.3, 0.4) is 0 Å². The van der Waals surface area contributed by atoms with Crippen molar-refractivity contribution in [2.75, 3.05) is 0 Å². The number of hydrogen-bond donors (Lipinski definition) is 0. The second-order valence-corrected chi connectivity index (χ2v) is 7.16. The van der Waals surface area contributed by atoms with Gasteiger partial charge in [0.15, 0.2) is 5.82 Å². The number of carbonyl (C=O) groups is 1. The molecule has 3 aromatic carbocycles. The van der Waals surface area contributed by atoms with E-state index in [-0.39, 0.29) is 5.78 Å². The quantitative estimate of drug-likeness (QED) is 0.307. The first-order chi connectivity index (χ1) is 13.2. The molecule has 1 aromatic heterocycles. The third-order valence-corrected chi connectivity index (χ3v) is 4.88. The molecule has 0 fully saturated rings. The van der Waals surface area contributed by atoms with Gasteiger partial charge in [0.1, 0.15) is 0 Å². The first-order valence-electron chi connectivity index (χ1n) is 8.68. The lowest BCUT2D eigenvalue weighted by Gasteiger charge is -2.08. The molecule has 0 saturated heterocycles. The average molecular weight is 417 g/mol. The highest BCUT2D eigenvalue weighted by molar-refractivity contribution is 9.10. The summed E-state index contributed by atoms with van der Waals surface area (Å²) in [5, 5.41) is 0. The van der Waals surface area contributed by atoms with Crippen molar-refractivity contribution < 1.29 is 4.79 Å². The van der Waals surface area contributed by atoms with Gasteiger partial charge >= 0.3 is 0 Å². The highest BCUT2D eigenvalue weighted by atomic mass is 79.9. The summed E-state index contributed by atoms with van der Waals surface area (Å²) in [5.41, 5.74) is 3.88. The number of ketones is 1. The van der Waals surface area contributed by atoms with Crippen LogP contribution in [-0.4, -0.2) is 15.3 Å². The van der Waals surface area contributed by atoms with Gasteiger partial charge in [-0.2, -0.15) is 0 Å². The Morgan fingerprint density at radius 3 is 2.41 bits per heavy atom. The number of halogens is 1. The van der Waals surface area contributed by atoms with E-state index in [0.29, 0.717) is 12.4 Å². The van der Waals surface area contributed by atoms with Gasteiger partial charge in [0.25, 0.3) is 0 Å². The van der Waals surface area contributed by atoms with E-state index in [9.17, 15) is 4.79 Å². The van der Waals surface area contributed by atoms with Crippen molar-refractivity contribution >= 4 is 38.8 Å². The number of carbonyl (C=O) groups excluding carboxylic acids is 1. The van der Waals surface area contributed by atoms with E-state index in [1.807, 2.05) is 89.5 Å². The Balaban J connectivity index is 1.72. The molecule has 0 aliphatic rings. The van der Waals surface area contributed by atoms with E-state index in [2.05, 4.69) is 20.9 Å². The van der Waals surface area contributed by atoms with Crippen LogP contribution in [0.1, 0.15) is 21.7 Å². The number of aromatic nitrogens is 2. The molecule has 1 heterocycles. The third-order valence-electron chi connectivity index (χ3n) is 4.36. The summed E-state index contributed by atoms with van der Waals surface area (Å²) in [5.74, 6) is 0.346. The first kappa shape index (κ1) is 17.4. The third kappa shape index (κ3) is 3.91. The van der Waals surface area contributed by atoms with Gasteiger partial charge in [0.05, 0.1) is 11.0 Å². The number of benzene rings is 3. The molecular formula is C23H17BrN2O. The Morgan fingerprint density at radius 2 is 1.63 bits per heavy atom. The van der Waals surface area contributed by atoms with Crippen LogP contribution in [0.15, 0.2) is 89.4 Å². The van der Waals surface area contributed by atoms with Crippen LogP contribution >= 0.6 is 15.9 Å². The summed E-state index contributed by atoms with van der Waals surface area (Å²) >= 11 is 3.46. The van der Waals surface area contributed by atoms with Crippen molar-refractivity contribution in [3.05, 3.63) is 106 Å². The molecule has 4 rings (SSSR count). The van der Waals surface area contributed by atoms with Crippen molar-refractivity contribution in [3.8, 4) is 0 Å². The predicted molar refractivity (Wildman–Crippen MR) is 113 cm³/mol. The first-order valence-corrected chi connectivity index (χ1v) is 9.47. The van der Waals surface area contributed by atoms with Crippen LogP contribution in [0.2, 0.25) is 0 Å². The molecule has 0 amide bonds. The fourth-order valence-corrected chi connectivity index (χ4v) is 3.27. The molecule has 0 N–H and O–H groups in total. The zero-order valence-electron chi connectivity index (χ0n) is 14.5. The molecule has 4 aromatic rings. The summed E-state index contributed by atoms with van der Waals surface area (Å²) in [6.07, 6.45) is 3.42. The Morgan fingerprint density at radius 1 is 0.926 bits per heavy atom. The Labute approximate surface area is 166 Å². The van der Waals surface area contributed by atoms with Gasteiger partial charge in [-0.15, -0.1) is 0 Å². The molecule has 0 saturated carbocycles. The minimum absolute atomic E-state index is 0.104. The van der Waals surface area contributed by atoms with Gasteiger partial charge in [-0.05, 0) is 41.5 Å². The van der Waals surface area contributed by atoms with Crippen LogP contribution in [-0.2, 0) is 6.54 Å². The summed E-state index contributed by atoms with van der Waals surface area (Å²) in [7, 11) is 0. The van der Waals surface area contributed by atoms with Crippen LogP contribution in [0.25, 0.3) is 17.1 Å². The maximum absolute atomic E-state index is 12.9. The fourth-order valence-electron chi connectivity index (χ4n) is 3.01. The number of fused-ring (bicyclic) bond motifs is 1. The minimum atomic E-state index is -0.104. The molecule has 0 aliphatic carbocycles. The van der Waals surface area contributed by atoms with Crippen LogP contribution in [0.5, 0.6) is 0 Å². The van der Waals surface area contributed by atoms with Gasteiger partial charge < -0.3 is 4.57 Å². The lowest BCUT2D eigenvalue weighted by Crippen LogP contribution is -2.09. The molecule has 4 heteroatoms. The van der Waals surface area contributed by atoms with Gasteiger partial charge in [-0.25, -0.2) is 4.98 Å². The number of para-hydroxylation sites is 2. The summed E-state index contributed by atoms with van der Waals surface area (Å²) in [4.78, 5) is 17.5. The van der Waals surface area contributed by atoms with Gasteiger partial charge in [-0.3, -0.25) is 4.79 Å². The molecule has 27 heavy (non-hydrogen) atoms. The monoisotopic (exact) mass is 416 g/mol. The minimum Gasteiger partial charge on any atom is -0.317 e. The molecule has 0 radical (unpaired) electrons. The molecule has 0 atom stereocenters. The van der Waals surface area contributed by atoms with E-state index in [4.69, 9.17) is 0 Å². The van der Waals surface area contributed by atoms with E-state index in [0.717, 1.165) is 26.6 Å². The second-order valence-electron chi connectivity index (χ2n) is 6.25. The fraction of sp³-hybridized carbons (Fsp3) is 0.0435. The molecule has 3 nitrogen and oxygen atoms in total. The highest BCUT2D eigenvalue weighted by Gasteiger charge is 2.15. The van der Waals surface area contributed by atoms with Crippen LogP contribution < -0.4 is 0 Å². The number of rotatable bonds is 5. The number of allylic oxidation sites excluding steroid dienone is 1. The largest absolute Gasteiger partial charge is 0.317 e. The number of nitrogens with zero attached hydrogens (tertiary/aromatic N) is 2. The van der Waals surface area contributed by atoms with Crippen molar-refractivity contribution in [3.63, 3.8) is 0 Å². The topological polar surface area (TPSA) is 34.9 Å². The molecule has 0 aliphatic heterocycles. The second kappa shape index (κ2) is 7.72. The van der Waals surface area contributed by atoms with Crippen molar-refractivity contribution in [1.82, 2.24) is 9.55 Å². The zero-order chi connectivity index (χ0) is 18.6. The summed E-state index contributed by atoms with van der Waals surface area (Å²) in [6.45, 7) is 0.591. The molecular weight excluding hydrogens is 400 g/mol. The van der Waals surface area contributed by atoms with E-state index in [1.54, 1.807) is 6.08 Å². The van der Waals surface area contributed by atoms with Gasteiger partial charge in [-0.1, -0.05) is 76.6 Å². The smallest absolute Gasteiger partial charge is 0.221 e. The molecule has 0 spiro atoms. The Kier molecular flexibility index (Phi) is 4.99. The van der Waals surface area contributed by atoms with Crippen LogP contribution in [0, 0.1) is 0 Å². The normalized spacial score (nSPS) is 11.3. The molecule has 0 unspecified atom stereocenters. The highest BCUT2D eigenvalue weighted by Crippen LogP contribution is 2.20. The lowest BCUT2D eigenvalue weighted by atomic mass is 10.2. The number of imidazole rings is 1. The number of hydrogen-bond acceptors (Lipinski definition) is 2. The van der Waals surface area contributed by atoms with Gasteiger partial charge in [0.2, 0.25) is 5.78 Å². The standard InChI is InChI=1S/C23H17BrN2O/c24-19-13-10-18(11-14-19)16-26-21-9-5-4-8-20(21)25-23(26)22(27)15-12-17-6-2-1-3-7-17/h1-15H,16H2/b15-12+. The SMILES string of the molecule is O=C(/C=C/c1ccccc1)c1nc2ccccc2n1Cc1ccc(Br)cc1. The maximum atomic E-state index is 12.9. The molecule has 0 bridgehead atoms. The van der Waals surface area contributed by atoms with E-state index in [1.165, 1.54) is 0 Å². The predicted octanol–water partition coefficient (Wildman–Crippen LogP) is 5.74. The van der Waals surface area contributed by atoms with Crippen molar-refractivity contribution in [1.29, 1.82) is 0 Å². The van der Waals surface area contributed by atoms with E-state index >= 15 is 0 Å². The Hall–Kier alpha value is -2.98. The van der Waals surface area contributed by atoms with Crippen LogP contribution in [0.4, 0.5) is 0 Å². The van der Waals surface area contributed by atoms with Gasteiger partial charge in [0, 0.05) is 11.0 Å². The van der Waals surface area contributed by atoms with Crippen molar-refractivity contribution in [2.24, 2.45) is 0 Å². The zero-order valence-corrected chi connectivity index (χ0v) is 16.1. The average Bonchev–Trinajstić information content (AvgIpc) is 3.07. The Bertz CT molecular complexity index is 1110. The molecule has 132 valence electrons. The summed E-state index contributed by atoms with van der Waals surface area (Å²) < 4.78 is 3.01. The lowest BCUT2D eigenvalue weighted by molar-refractivity contribution is 0.103. The maximum Gasteiger partial charge on any atom is 0.221 e.